The predicted octanol–water partition coefficient (Wildman–Crippen LogP) is 8.77. The second-order valence-corrected chi connectivity index (χ2v) is 13.5. The van der Waals surface area contributed by atoms with Crippen molar-refractivity contribution in [2.24, 2.45) is 5.73 Å². The van der Waals surface area contributed by atoms with Crippen LogP contribution < -0.4 is 11.1 Å². The summed E-state index contributed by atoms with van der Waals surface area (Å²) >= 11 is 0. The first-order valence-corrected chi connectivity index (χ1v) is 17.0. The van der Waals surface area contributed by atoms with Gasteiger partial charge < -0.3 is 16.2 Å². The summed E-state index contributed by atoms with van der Waals surface area (Å²) in [7, 11) is 0. The molecule has 0 aromatic heterocycles. The molecule has 6 nitrogen and oxygen atoms in total. The van der Waals surface area contributed by atoms with Crippen molar-refractivity contribution in [3.05, 3.63) is 147 Å². The third-order valence-corrected chi connectivity index (χ3v) is 10.3. The number of rotatable bonds is 8. The van der Waals surface area contributed by atoms with Crippen LogP contribution in [0.3, 0.4) is 0 Å². The highest BCUT2D eigenvalue weighted by atomic mass is 16.4. The van der Waals surface area contributed by atoms with Crippen LogP contribution in [0.2, 0.25) is 0 Å². The lowest BCUT2D eigenvalue weighted by molar-refractivity contribution is -0.137. The molecule has 2 unspecified atom stereocenters. The Bertz CT molecular complexity index is 2110. The number of aliphatic carboxylic acids is 1. The van der Waals surface area contributed by atoms with Gasteiger partial charge in [0.05, 0.1) is 12.3 Å². The van der Waals surface area contributed by atoms with Gasteiger partial charge in [-0.25, -0.2) is 0 Å². The lowest BCUT2D eigenvalue weighted by Crippen LogP contribution is -2.25. The fourth-order valence-electron chi connectivity index (χ4n) is 7.88. The summed E-state index contributed by atoms with van der Waals surface area (Å²) in [6.45, 7) is 4.44. The van der Waals surface area contributed by atoms with Gasteiger partial charge in [-0.1, -0.05) is 78.4 Å². The number of ketones is 1. The van der Waals surface area contributed by atoms with Gasteiger partial charge in [0.1, 0.15) is 0 Å². The number of Topliss-reactive ketones (excluding diaryl/α,β-unsaturated/α-hetero) is 1. The summed E-state index contributed by atoms with van der Waals surface area (Å²) in [5.74, 6) is -1.43. The molecule has 0 heterocycles. The van der Waals surface area contributed by atoms with E-state index in [-0.39, 0.29) is 29.9 Å². The highest BCUT2D eigenvalue weighted by molar-refractivity contribution is 6.09. The first-order valence-electron chi connectivity index (χ1n) is 17.0. The molecule has 0 saturated carbocycles. The van der Waals surface area contributed by atoms with Crippen molar-refractivity contribution in [3.8, 4) is 22.3 Å². The van der Waals surface area contributed by atoms with Crippen molar-refractivity contribution in [2.45, 2.75) is 64.3 Å². The van der Waals surface area contributed by atoms with E-state index < -0.39 is 5.97 Å². The second kappa shape index (κ2) is 13.3. The van der Waals surface area contributed by atoms with Crippen molar-refractivity contribution < 1.29 is 19.5 Å². The lowest BCUT2D eigenvalue weighted by Gasteiger charge is -2.34. The van der Waals surface area contributed by atoms with Crippen molar-refractivity contribution in [2.75, 3.05) is 5.32 Å². The maximum absolute atomic E-state index is 14.6. The standard InChI is InChI=1S/C43H40N2O4/c1-25-10-16-34-31(20-25)22-38(41-35-9-5-6-29(23-40(46)47)33(35)17-18-36(34)41)42(48)30-15-19-39(26(2)21-30)45-43(49)37-8-4-3-7-32(37)28-13-11-27(24-44)12-14-28/h3-4,7-8,10-21,29,38H,5-6,9,22-24,44H2,1-2H3,(H,45,49)(H,46,47). The van der Waals surface area contributed by atoms with E-state index in [1.165, 1.54) is 0 Å². The Hall–Kier alpha value is -5.33. The summed E-state index contributed by atoms with van der Waals surface area (Å²) in [5.41, 5.74) is 19.0. The van der Waals surface area contributed by atoms with Gasteiger partial charge in [-0.2, -0.15) is 0 Å². The summed E-state index contributed by atoms with van der Waals surface area (Å²) in [6, 6.07) is 31.6. The van der Waals surface area contributed by atoms with Gasteiger partial charge in [0.15, 0.2) is 5.78 Å². The van der Waals surface area contributed by atoms with Crippen LogP contribution in [-0.2, 0) is 24.2 Å². The average molecular weight is 649 g/mol. The van der Waals surface area contributed by atoms with E-state index in [0.29, 0.717) is 29.8 Å². The number of aryl methyl sites for hydroxylation is 2. The van der Waals surface area contributed by atoms with Crippen molar-refractivity contribution in [1.82, 2.24) is 0 Å². The van der Waals surface area contributed by atoms with Gasteiger partial charge in [0.2, 0.25) is 0 Å². The SMILES string of the molecule is Cc1ccc2c(c1)CC(C(=O)c1ccc(NC(=O)c3ccccc3-c3ccc(CN)cc3)c(C)c1)c1c-2ccc2c1CCCC2CC(=O)O. The van der Waals surface area contributed by atoms with E-state index in [1.54, 1.807) is 0 Å². The molecule has 1 amide bonds. The smallest absolute Gasteiger partial charge is 0.303 e. The van der Waals surface area contributed by atoms with Crippen LogP contribution in [-0.4, -0.2) is 22.8 Å². The third kappa shape index (κ3) is 6.20. The van der Waals surface area contributed by atoms with Crippen molar-refractivity contribution >= 4 is 23.3 Å². The fourth-order valence-corrected chi connectivity index (χ4v) is 7.88. The Morgan fingerprint density at radius 3 is 2.39 bits per heavy atom. The largest absolute Gasteiger partial charge is 0.481 e. The van der Waals surface area contributed by atoms with Gasteiger partial charge in [0, 0.05) is 23.4 Å². The number of carboxylic acids is 1. The van der Waals surface area contributed by atoms with E-state index in [0.717, 1.165) is 80.5 Å². The van der Waals surface area contributed by atoms with Crippen LogP contribution in [0, 0.1) is 13.8 Å². The molecule has 2 atom stereocenters. The predicted molar refractivity (Wildman–Crippen MR) is 194 cm³/mol. The minimum atomic E-state index is -0.795. The highest BCUT2D eigenvalue weighted by Crippen LogP contribution is 2.48. The zero-order valence-corrected chi connectivity index (χ0v) is 27.9. The maximum Gasteiger partial charge on any atom is 0.303 e. The molecule has 4 N–H and O–H groups in total. The Labute approximate surface area is 287 Å². The van der Waals surface area contributed by atoms with Gasteiger partial charge in [0.25, 0.3) is 5.91 Å². The Morgan fingerprint density at radius 1 is 0.857 bits per heavy atom. The molecule has 0 aliphatic heterocycles. The van der Waals surface area contributed by atoms with E-state index in [2.05, 4.69) is 42.6 Å². The summed E-state index contributed by atoms with van der Waals surface area (Å²) in [6.07, 6.45) is 3.26. The molecule has 5 aromatic rings. The average Bonchev–Trinajstić information content (AvgIpc) is 3.11. The van der Waals surface area contributed by atoms with Gasteiger partial charge in [-0.3, -0.25) is 14.4 Å². The molecule has 0 saturated heterocycles. The maximum atomic E-state index is 14.6. The molecule has 0 fully saturated rings. The number of hydrogen-bond donors (Lipinski definition) is 3. The second-order valence-electron chi connectivity index (χ2n) is 13.5. The molecule has 7 rings (SSSR count). The number of carbonyl (C=O) groups excluding carboxylic acids is 2. The number of amides is 1. The molecule has 49 heavy (non-hydrogen) atoms. The number of anilines is 1. The van der Waals surface area contributed by atoms with Crippen LogP contribution >= 0.6 is 0 Å². The van der Waals surface area contributed by atoms with E-state index in [4.69, 9.17) is 5.73 Å². The van der Waals surface area contributed by atoms with E-state index in [9.17, 15) is 19.5 Å². The molecule has 2 aliphatic rings. The van der Waals surface area contributed by atoms with Gasteiger partial charge >= 0.3 is 5.97 Å². The Morgan fingerprint density at radius 2 is 1.63 bits per heavy atom. The molecule has 0 spiro atoms. The zero-order chi connectivity index (χ0) is 34.2. The van der Waals surface area contributed by atoms with Crippen LogP contribution in [0.1, 0.15) is 90.8 Å². The molecule has 246 valence electrons. The minimum Gasteiger partial charge on any atom is -0.481 e. The molecule has 0 bridgehead atoms. The number of carbonyl (C=O) groups is 3. The van der Waals surface area contributed by atoms with Gasteiger partial charge in [-0.15, -0.1) is 0 Å². The van der Waals surface area contributed by atoms with Crippen LogP contribution in [0.15, 0.2) is 97.1 Å². The van der Waals surface area contributed by atoms with Crippen LogP contribution in [0.5, 0.6) is 0 Å². The first kappa shape index (κ1) is 32.2. The Balaban J connectivity index is 1.21. The number of nitrogens with two attached hydrogens (primary N) is 1. The summed E-state index contributed by atoms with van der Waals surface area (Å²) in [4.78, 5) is 39.9. The molecule has 6 heteroatoms. The normalized spacial score (nSPS) is 16.2. The number of nitrogens with one attached hydrogen (secondary N) is 1. The minimum absolute atomic E-state index is 0.0365. The van der Waals surface area contributed by atoms with Crippen molar-refractivity contribution in [3.63, 3.8) is 0 Å². The number of carboxylic acid groups (broad SMARTS) is 1. The summed E-state index contributed by atoms with van der Waals surface area (Å²) < 4.78 is 0. The van der Waals surface area contributed by atoms with Crippen molar-refractivity contribution in [1.29, 1.82) is 0 Å². The lowest BCUT2D eigenvalue weighted by atomic mass is 9.69. The number of hydrogen-bond acceptors (Lipinski definition) is 4. The molecule has 2 aliphatic carbocycles. The monoisotopic (exact) mass is 648 g/mol. The molecular weight excluding hydrogens is 608 g/mol. The van der Waals surface area contributed by atoms with Gasteiger partial charge in [-0.05, 0) is 125 Å². The first-order chi connectivity index (χ1) is 23.7. The van der Waals surface area contributed by atoms with Crippen LogP contribution in [0.25, 0.3) is 22.3 Å². The molecular formula is C43H40N2O4. The van der Waals surface area contributed by atoms with Crippen LogP contribution in [0.4, 0.5) is 5.69 Å². The quantitative estimate of drug-likeness (QED) is 0.146. The molecule has 0 radical (unpaired) electrons. The number of fused-ring (bicyclic) bond motifs is 5. The highest BCUT2D eigenvalue weighted by Gasteiger charge is 2.36. The van der Waals surface area contributed by atoms with E-state index >= 15 is 0 Å². The Kier molecular flexibility index (Phi) is 8.74. The fraction of sp³-hybridized carbons (Fsp3) is 0.233. The van der Waals surface area contributed by atoms with E-state index in [1.807, 2.05) is 73.7 Å². The zero-order valence-electron chi connectivity index (χ0n) is 27.9. The summed E-state index contributed by atoms with van der Waals surface area (Å²) in [5, 5.41) is 12.7. The topological polar surface area (TPSA) is 109 Å². The molecule has 5 aromatic carbocycles. The number of benzene rings is 5. The third-order valence-electron chi connectivity index (χ3n) is 10.3.